The van der Waals surface area contributed by atoms with Crippen LogP contribution >= 0.6 is 0 Å². The Hall–Kier alpha value is -4.30. The number of carboxylic acid groups (broad SMARTS) is 1. The summed E-state index contributed by atoms with van der Waals surface area (Å²) in [6, 6.07) is 1.10. The van der Waals surface area contributed by atoms with Crippen molar-refractivity contribution in [2.24, 2.45) is 0 Å². The second-order valence-electron chi connectivity index (χ2n) is 12.7. The normalized spacial score (nSPS) is 17.9. The summed E-state index contributed by atoms with van der Waals surface area (Å²) in [6.07, 6.45) is -9.17. The number of nitrogens with one attached hydrogen (secondary N) is 1. The molecule has 48 heavy (non-hydrogen) atoms. The molecule has 264 valence electrons. The van der Waals surface area contributed by atoms with Crippen LogP contribution in [0.3, 0.4) is 0 Å². The summed E-state index contributed by atoms with van der Waals surface area (Å²) in [6.45, 7) is 7.83. The first-order chi connectivity index (χ1) is 22.0. The van der Waals surface area contributed by atoms with E-state index in [-0.39, 0.29) is 37.4 Å². The molecule has 0 radical (unpaired) electrons. The number of likely N-dealkylation sites (tertiary alicyclic amines) is 1. The van der Waals surface area contributed by atoms with Crippen LogP contribution in [0.25, 0.3) is 0 Å². The number of nitrogens with zero attached hydrogens (tertiary/aromatic N) is 2. The van der Waals surface area contributed by atoms with Gasteiger partial charge in [0.05, 0.1) is 23.2 Å². The summed E-state index contributed by atoms with van der Waals surface area (Å²) in [5.74, 6) is -1.84. The number of aryl methyl sites for hydroxylation is 1. The van der Waals surface area contributed by atoms with Crippen molar-refractivity contribution in [3.63, 3.8) is 0 Å². The van der Waals surface area contributed by atoms with Crippen molar-refractivity contribution in [2.75, 3.05) is 13.6 Å². The van der Waals surface area contributed by atoms with Gasteiger partial charge < -0.3 is 25.0 Å². The highest BCUT2D eigenvalue weighted by molar-refractivity contribution is 5.80. The molecular formula is C33H38F7N3O5. The number of alkyl halides is 6. The van der Waals surface area contributed by atoms with Gasteiger partial charge in [-0.25, -0.2) is 18.8 Å². The highest BCUT2D eigenvalue weighted by Gasteiger charge is 2.39. The average Bonchev–Trinajstić information content (AvgIpc) is 2.95. The fourth-order valence-corrected chi connectivity index (χ4v) is 5.35. The maximum atomic E-state index is 14.0. The fraction of sp³-hybridized carbons (Fsp3) is 0.485. The number of carboxylic acids is 1. The zero-order valence-electron chi connectivity index (χ0n) is 27.2. The number of carbonyl (C=O) groups is 3. The molecule has 15 heteroatoms. The topological polar surface area (TPSA) is 99.2 Å². The summed E-state index contributed by atoms with van der Waals surface area (Å²) in [7, 11) is 1.26. The van der Waals surface area contributed by atoms with Gasteiger partial charge in [0.1, 0.15) is 17.5 Å². The Morgan fingerprint density at radius 3 is 2.12 bits per heavy atom. The number of benzene rings is 2. The molecule has 1 aliphatic heterocycles. The maximum absolute atomic E-state index is 14.0. The third kappa shape index (κ3) is 9.86. The van der Waals surface area contributed by atoms with Crippen molar-refractivity contribution in [3.05, 3.63) is 81.7 Å². The van der Waals surface area contributed by atoms with Gasteiger partial charge >= 0.3 is 30.4 Å². The standard InChI is InChI=1S/C33H38F7N3O5/c1-18-13-24(34)8-9-25(18)27-14-20(7-10-26(28(44)45)41-29(46)48-31(3,4)5)11-12-43(27)30(47)42(6)19(2)21-15-22(32(35,36)37)17-23(16-21)33(38,39)40/h7-9,13,15-17,19,26-27H,10-12,14H2,1-6H3,(H,41,46)(H,44,45)/b20-7+/t19-,26-,27-/m1/s1. The molecular weight excluding hydrogens is 651 g/mol. The van der Waals surface area contributed by atoms with Crippen molar-refractivity contribution in [1.29, 1.82) is 0 Å². The lowest BCUT2D eigenvalue weighted by molar-refractivity contribution is -0.143. The number of urea groups is 1. The SMILES string of the molecule is Cc1cc(F)ccc1[C@H]1C/C(=C/C[C@@H](NC(=O)OC(C)(C)C)C(=O)O)CCN1C(=O)N(C)[C@H](C)c1cc(C(F)(F)F)cc(C(F)(F)F)c1. The molecule has 1 heterocycles. The summed E-state index contributed by atoms with van der Waals surface area (Å²) in [5, 5.41) is 12.0. The molecule has 3 rings (SSSR count). The van der Waals surface area contributed by atoms with Gasteiger partial charge in [0.2, 0.25) is 0 Å². The number of hydrogen-bond acceptors (Lipinski definition) is 4. The Morgan fingerprint density at radius 1 is 1.04 bits per heavy atom. The number of halogens is 7. The number of hydrogen-bond donors (Lipinski definition) is 2. The van der Waals surface area contributed by atoms with Crippen LogP contribution in [0.15, 0.2) is 48.0 Å². The van der Waals surface area contributed by atoms with Crippen LogP contribution in [-0.2, 0) is 21.9 Å². The third-order valence-corrected chi connectivity index (χ3v) is 7.95. The molecule has 0 aliphatic carbocycles. The second-order valence-corrected chi connectivity index (χ2v) is 12.7. The van der Waals surface area contributed by atoms with E-state index >= 15 is 0 Å². The Labute approximate surface area is 273 Å². The monoisotopic (exact) mass is 689 g/mol. The molecule has 2 aromatic rings. The zero-order chi connectivity index (χ0) is 36.4. The van der Waals surface area contributed by atoms with E-state index in [0.717, 1.165) is 4.90 Å². The molecule has 3 amide bonds. The molecule has 8 nitrogen and oxygen atoms in total. The van der Waals surface area contributed by atoms with Gasteiger partial charge in [0, 0.05) is 13.6 Å². The van der Waals surface area contributed by atoms with Crippen LogP contribution in [-0.4, -0.2) is 58.2 Å². The molecule has 0 aromatic heterocycles. The summed E-state index contributed by atoms with van der Waals surface area (Å²) in [4.78, 5) is 40.4. The van der Waals surface area contributed by atoms with Crippen LogP contribution in [0.2, 0.25) is 0 Å². The van der Waals surface area contributed by atoms with Crippen LogP contribution in [0.1, 0.15) is 86.9 Å². The number of alkyl carbamates (subject to hydrolysis) is 1. The van der Waals surface area contributed by atoms with Gasteiger partial charge in [-0.1, -0.05) is 17.7 Å². The summed E-state index contributed by atoms with van der Waals surface area (Å²) >= 11 is 0. The molecule has 0 spiro atoms. The fourth-order valence-electron chi connectivity index (χ4n) is 5.35. The van der Waals surface area contributed by atoms with Crippen LogP contribution in [0.5, 0.6) is 0 Å². The number of rotatable bonds is 7. The Bertz CT molecular complexity index is 1520. The maximum Gasteiger partial charge on any atom is 0.416 e. The zero-order valence-corrected chi connectivity index (χ0v) is 27.2. The smallest absolute Gasteiger partial charge is 0.416 e. The Kier molecular flexibility index (Phi) is 11.5. The minimum absolute atomic E-state index is 0.0157. The molecule has 2 aromatic carbocycles. The van der Waals surface area contributed by atoms with E-state index in [0.29, 0.717) is 28.8 Å². The Balaban J connectivity index is 1.93. The lowest BCUT2D eigenvalue weighted by Crippen LogP contribution is -2.47. The molecule has 1 fully saturated rings. The van der Waals surface area contributed by atoms with Crippen LogP contribution in [0, 0.1) is 12.7 Å². The second kappa shape index (κ2) is 14.4. The van der Waals surface area contributed by atoms with Crippen molar-refractivity contribution < 1.29 is 55.0 Å². The average molecular weight is 690 g/mol. The highest BCUT2D eigenvalue weighted by atomic mass is 19.4. The van der Waals surface area contributed by atoms with Crippen molar-refractivity contribution in [2.45, 2.75) is 90.0 Å². The molecule has 0 unspecified atom stereocenters. The first-order valence-electron chi connectivity index (χ1n) is 15.0. The lowest BCUT2D eigenvalue weighted by atomic mass is 9.88. The van der Waals surface area contributed by atoms with E-state index in [9.17, 15) is 50.2 Å². The molecule has 2 N–H and O–H groups in total. The van der Waals surface area contributed by atoms with Crippen LogP contribution in [0.4, 0.5) is 40.3 Å². The van der Waals surface area contributed by atoms with E-state index in [1.54, 1.807) is 33.8 Å². The van der Waals surface area contributed by atoms with E-state index in [1.165, 1.54) is 37.1 Å². The van der Waals surface area contributed by atoms with Gasteiger partial charge in [-0.2, -0.15) is 26.3 Å². The number of aliphatic carboxylic acids is 1. The molecule has 1 saturated heterocycles. The van der Waals surface area contributed by atoms with E-state index < -0.39 is 71.1 Å². The van der Waals surface area contributed by atoms with Crippen molar-refractivity contribution in [1.82, 2.24) is 15.1 Å². The van der Waals surface area contributed by atoms with E-state index in [1.807, 2.05) is 0 Å². The number of ether oxygens (including phenoxy) is 1. The Morgan fingerprint density at radius 2 is 1.62 bits per heavy atom. The van der Waals surface area contributed by atoms with E-state index in [4.69, 9.17) is 4.74 Å². The van der Waals surface area contributed by atoms with Gasteiger partial charge in [0.25, 0.3) is 0 Å². The number of carbonyl (C=O) groups excluding carboxylic acids is 2. The van der Waals surface area contributed by atoms with E-state index in [2.05, 4.69) is 5.32 Å². The molecule has 3 atom stereocenters. The van der Waals surface area contributed by atoms with Crippen molar-refractivity contribution >= 4 is 18.1 Å². The minimum Gasteiger partial charge on any atom is -0.480 e. The van der Waals surface area contributed by atoms with Gasteiger partial charge in [-0.05, 0) is 101 Å². The predicted octanol–water partition coefficient (Wildman–Crippen LogP) is 8.42. The quantitative estimate of drug-likeness (QED) is 0.225. The summed E-state index contributed by atoms with van der Waals surface area (Å²) in [5.41, 5.74) is -2.51. The molecule has 0 saturated carbocycles. The van der Waals surface area contributed by atoms with Crippen molar-refractivity contribution in [3.8, 4) is 0 Å². The van der Waals surface area contributed by atoms with Gasteiger partial charge in [0.15, 0.2) is 0 Å². The number of amides is 3. The molecule has 0 bridgehead atoms. The summed E-state index contributed by atoms with van der Waals surface area (Å²) < 4.78 is 100. The van der Waals surface area contributed by atoms with Gasteiger partial charge in [-0.3, -0.25) is 0 Å². The minimum atomic E-state index is -5.07. The third-order valence-electron chi connectivity index (χ3n) is 7.95. The van der Waals surface area contributed by atoms with Crippen LogP contribution < -0.4 is 5.32 Å². The molecule has 1 aliphatic rings. The first-order valence-corrected chi connectivity index (χ1v) is 15.0. The predicted molar refractivity (Wildman–Crippen MR) is 161 cm³/mol. The largest absolute Gasteiger partial charge is 0.480 e. The first kappa shape index (κ1) is 38.2. The number of piperidine rings is 1. The lowest BCUT2D eigenvalue weighted by Gasteiger charge is -2.41. The highest BCUT2D eigenvalue weighted by Crippen LogP contribution is 2.40. The van der Waals surface area contributed by atoms with Gasteiger partial charge in [-0.15, -0.1) is 0 Å².